The summed E-state index contributed by atoms with van der Waals surface area (Å²) in [4.78, 5) is 11.3. The van der Waals surface area contributed by atoms with Gasteiger partial charge in [-0.2, -0.15) is 11.1 Å². The van der Waals surface area contributed by atoms with Crippen LogP contribution in [0.25, 0.3) is 0 Å². The van der Waals surface area contributed by atoms with Crippen LogP contribution in [0.3, 0.4) is 0 Å². The molecule has 0 radical (unpaired) electrons. The largest absolute Gasteiger partial charge is 0.508 e. The SMILES string of the molecule is CC(C)(C)[Si]1(Cl)CCCCC1.CCCCOC(=O)c1ccc(O)cc1. The van der Waals surface area contributed by atoms with E-state index in [0.29, 0.717) is 17.2 Å². The van der Waals surface area contributed by atoms with Crippen LogP contribution < -0.4 is 0 Å². The fourth-order valence-electron chi connectivity index (χ4n) is 2.85. The molecule has 5 heteroatoms. The van der Waals surface area contributed by atoms with Crippen molar-refractivity contribution < 1.29 is 14.6 Å². The van der Waals surface area contributed by atoms with Crippen LogP contribution in [-0.2, 0) is 4.74 Å². The van der Waals surface area contributed by atoms with Gasteiger partial charge >= 0.3 is 5.97 Å². The summed E-state index contributed by atoms with van der Waals surface area (Å²) in [5.41, 5.74) is 0.471. The van der Waals surface area contributed by atoms with Crippen molar-refractivity contribution in [2.45, 2.75) is 76.9 Å². The van der Waals surface area contributed by atoms with Crippen molar-refractivity contribution in [2.24, 2.45) is 0 Å². The van der Waals surface area contributed by atoms with Gasteiger partial charge in [-0.3, -0.25) is 0 Å². The molecule has 25 heavy (non-hydrogen) atoms. The van der Waals surface area contributed by atoms with Crippen molar-refractivity contribution in [1.82, 2.24) is 0 Å². The van der Waals surface area contributed by atoms with Crippen LogP contribution in [0, 0.1) is 0 Å². The molecule has 0 aromatic heterocycles. The number of phenols is 1. The Morgan fingerprint density at radius 3 is 2.16 bits per heavy atom. The highest BCUT2D eigenvalue weighted by molar-refractivity contribution is 7.21. The predicted molar refractivity (Wildman–Crippen MR) is 108 cm³/mol. The standard InChI is InChI=1S/C11H14O3.C9H19ClSi/c1-2-3-8-14-11(13)9-4-6-10(12)7-5-9;1-9(2,3)11(10)7-5-4-6-8-11/h4-7,12H,2-3,8H2,1H3;4-8H2,1-3H3. The van der Waals surface area contributed by atoms with Crippen molar-refractivity contribution in [2.75, 3.05) is 6.61 Å². The number of halogens is 1. The Morgan fingerprint density at radius 1 is 1.16 bits per heavy atom. The molecule has 0 spiro atoms. The van der Waals surface area contributed by atoms with Crippen molar-refractivity contribution in [3.05, 3.63) is 29.8 Å². The Balaban J connectivity index is 0.000000257. The van der Waals surface area contributed by atoms with E-state index in [4.69, 9.17) is 20.9 Å². The Bertz CT molecular complexity index is 517. The van der Waals surface area contributed by atoms with Gasteiger partial charge in [-0.15, -0.1) is 0 Å². The lowest BCUT2D eigenvalue weighted by molar-refractivity contribution is 0.0499. The minimum absolute atomic E-state index is 0.148. The van der Waals surface area contributed by atoms with Crippen molar-refractivity contribution in [3.63, 3.8) is 0 Å². The Kier molecular flexibility index (Phi) is 9.01. The van der Waals surface area contributed by atoms with E-state index in [1.54, 1.807) is 12.1 Å². The molecule has 2 rings (SSSR count). The average molecular weight is 385 g/mol. The highest BCUT2D eigenvalue weighted by Crippen LogP contribution is 2.48. The Labute approximate surface area is 158 Å². The highest BCUT2D eigenvalue weighted by atomic mass is 35.6. The van der Waals surface area contributed by atoms with E-state index < -0.39 is 7.38 Å². The molecule has 1 heterocycles. The molecule has 1 aromatic carbocycles. The first-order chi connectivity index (χ1) is 11.7. The molecule has 1 N–H and O–H groups in total. The number of carbonyl (C=O) groups is 1. The fraction of sp³-hybridized carbons (Fsp3) is 0.650. The number of hydrogen-bond donors (Lipinski definition) is 1. The van der Waals surface area contributed by atoms with Gasteiger partial charge in [0.2, 0.25) is 0 Å². The summed E-state index contributed by atoms with van der Waals surface area (Å²) in [6.45, 7) is 9.44. The lowest BCUT2D eigenvalue weighted by Crippen LogP contribution is -2.39. The molecule has 0 unspecified atom stereocenters. The van der Waals surface area contributed by atoms with Gasteiger partial charge in [0.15, 0.2) is 7.38 Å². The van der Waals surface area contributed by atoms with Crippen molar-refractivity contribution >= 4 is 24.4 Å². The number of carbonyl (C=O) groups excluding carboxylic acids is 1. The van der Waals surface area contributed by atoms with Crippen LogP contribution >= 0.6 is 11.1 Å². The summed E-state index contributed by atoms with van der Waals surface area (Å²) in [6, 6.07) is 8.72. The second-order valence-corrected chi connectivity index (χ2v) is 14.4. The van der Waals surface area contributed by atoms with Gasteiger partial charge in [0.25, 0.3) is 0 Å². The average Bonchev–Trinajstić information content (AvgIpc) is 2.56. The summed E-state index contributed by atoms with van der Waals surface area (Å²) < 4.78 is 4.99. The second-order valence-electron chi connectivity index (χ2n) is 7.81. The van der Waals surface area contributed by atoms with E-state index in [1.165, 1.54) is 43.5 Å². The number of aromatic hydroxyl groups is 1. The van der Waals surface area contributed by atoms with Gasteiger partial charge < -0.3 is 9.84 Å². The van der Waals surface area contributed by atoms with E-state index in [0.717, 1.165) is 12.8 Å². The molecule has 142 valence electrons. The van der Waals surface area contributed by atoms with Crippen molar-refractivity contribution in [1.29, 1.82) is 0 Å². The maximum atomic E-state index is 11.3. The molecule has 0 aliphatic carbocycles. The second kappa shape index (κ2) is 10.2. The van der Waals surface area contributed by atoms with E-state index in [1.807, 2.05) is 6.92 Å². The van der Waals surface area contributed by atoms with Crippen LogP contribution in [0.5, 0.6) is 5.75 Å². The molecule has 1 aromatic rings. The predicted octanol–water partition coefficient (Wildman–Crippen LogP) is 6.50. The van der Waals surface area contributed by atoms with Crippen LogP contribution in [-0.4, -0.2) is 25.1 Å². The summed E-state index contributed by atoms with van der Waals surface area (Å²) in [5.74, 6) is -0.187. The number of hydrogen-bond acceptors (Lipinski definition) is 3. The molecular formula is C20H33ClO3Si. The van der Waals surface area contributed by atoms with Gasteiger partial charge in [0.05, 0.1) is 12.2 Å². The molecule has 1 aliphatic rings. The Morgan fingerprint density at radius 2 is 1.72 bits per heavy atom. The van der Waals surface area contributed by atoms with Crippen LogP contribution in [0.4, 0.5) is 0 Å². The first-order valence-electron chi connectivity index (χ1n) is 9.35. The summed E-state index contributed by atoms with van der Waals surface area (Å²) in [5, 5.41) is 9.41. The van der Waals surface area contributed by atoms with Crippen LogP contribution in [0.15, 0.2) is 24.3 Å². The quantitative estimate of drug-likeness (QED) is 0.278. The molecule has 0 amide bonds. The normalized spacial score (nSPS) is 16.5. The molecule has 3 nitrogen and oxygen atoms in total. The lowest BCUT2D eigenvalue weighted by atomic mass is 10.2. The third kappa shape index (κ3) is 7.41. The zero-order chi connectivity index (χ0) is 18.9. The zero-order valence-corrected chi connectivity index (χ0v) is 17.9. The van der Waals surface area contributed by atoms with Crippen LogP contribution in [0.1, 0.15) is 70.2 Å². The van der Waals surface area contributed by atoms with E-state index in [2.05, 4.69) is 20.8 Å². The first kappa shape index (κ1) is 22.0. The van der Waals surface area contributed by atoms with Gasteiger partial charge in [0.1, 0.15) is 5.75 Å². The monoisotopic (exact) mass is 384 g/mol. The van der Waals surface area contributed by atoms with Gasteiger partial charge in [-0.1, -0.05) is 53.4 Å². The Hall–Kier alpha value is -1.00. The van der Waals surface area contributed by atoms with Gasteiger partial charge in [-0.25, -0.2) is 4.79 Å². The van der Waals surface area contributed by atoms with E-state index in [-0.39, 0.29) is 11.7 Å². The minimum Gasteiger partial charge on any atom is -0.508 e. The van der Waals surface area contributed by atoms with Crippen LogP contribution in [0.2, 0.25) is 17.1 Å². The maximum Gasteiger partial charge on any atom is 0.338 e. The fourth-order valence-corrected chi connectivity index (χ4v) is 7.02. The van der Waals surface area contributed by atoms with Gasteiger partial charge in [-0.05, 0) is 47.8 Å². The summed E-state index contributed by atoms with van der Waals surface area (Å²) >= 11 is 6.69. The molecule has 0 saturated carbocycles. The third-order valence-electron chi connectivity index (χ3n) is 4.82. The number of benzene rings is 1. The van der Waals surface area contributed by atoms with E-state index in [9.17, 15) is 4.79 Å². The van der Waals surface area contributed by atoms with Gasteiger partial charge in [0, 0.05) is 0 Å². The number of esters is 1. The molecule has 0 atom stereocenters. The summed E-state index contributed by atoms with van der Waals surface area (Å²) in [6.07, 6.45) is 6.06. The number of phenolic OH excluding ortho intramolecular Hbond substituents is 1. The molecule has 1 aliphatic heterocycles. The lowest BCUT2D eigenvalue weighted by Gasteiger charge is -2.40. The molecule has 0 bridgehead atoms. The van der Waals surface area contributed by atoms with Crippen molar-refractivity contribution in [3.8, 4) is 5.75 Å². The highest BCUT2D eigenvalue weighted by Gasteiger charge is 2.43. The zero-order valence-electron chi connectivity index (χ0n) is 16.1. The number of rotatable bonds is 4. The minimum atomic E-state index is -1.37. The molecule has 1 saturated heterocycles. The number of ether oxygens (including phenoxy) is 1. The first-order valence-corrected chi connectivity index (χ1v) is 12.8. The molecular weight excluding hydrogens is 352 g/mol. The third-order valence-corrected chi connectivity index (χ3v) is 12.6. The molecule has 1 fully saturated rings. The van der Waals surface area contributed by atoms with E-state index >= 15 is 0 Å². The smallest absolute Gasteiger partial charge is 0.338 e. The number of unbranched alkanes of at least 4 members (excludes halogenated alkanes) is 1. The summed E-state index contributed by atoms with van der Waals surface area (Å²) in [7, 11) is -1.37. The topological polar surface area (TPSA) is 46.5 Å². The maximum absolute atomic E-state index is 11.3.